The molecule has 4 aromatic rings. The SMILES string of the molecule is O=c1[nH]c2cc(OCCCCc3ccccc3)ccc2c(=O)c2[nH]nnc12. The van der Waals surface area contributed by atoms with Crippen molar-refractivity contribution in [1.29, 1.82) is 0 Å². The molecule has 2 aromatic heterocycles. The molecule has 0 atom stereocenters. The number of aromatic amines is 2. The van der Waals surface area contributed by atoms with E-state index in [-0.39, 0.29) is 16.5 Å². The average molecular weight is 362 g/mol. The second kappa shape index (κ2) is 7.41. The maximum Gasteiger partial charge on any atom is 0.278 e. The van der Waals surface area contributed by atoms with Crippen LogP contribution in [0.3, 0.4) is 0 Å². The molecule has 0 aliphatic carbocycles. The minimum atomic E-state index is -0.467. The topological polar surface area (TPSA) is 101 Å². The molecule has 0 saturated heterocycles. The van der Waals surface area contributed by atoms with Gasteiger partial charge in [-0.3, -0.25) is 14.7 Å². The van der Waals surface area contributed by atoms with Crippen molar-refractivity contribution in [2.45, 2.75) is 19.3 Å². The summed E-state index contributed by atoms with van der Waals surface area (Å²) in [6.07, 6.45) is 2.95. The van der Waals surface area contributed by atoms with Crippen LogP contribution in [0, 0.1) is 0 Å². The Morgan fingerprint density at radius 2 is 1.85 bits per heavy atom. The van der Waals surface area contributed by atoms with Gasteiger partial charge in [0.25, 0.3) is 5.56 Å². The van der Waals surface area contributed by atoms with Crippen LogP contribution in [0.1, 0.15) is 18.4 Å². The summed E-state index contributed by atoms with van der Waals surface area (Å²) in [6, 6.07) is 15.4. The highest BCUT2D eigenvalue weighted by Gasteiger charge is 2.10. The van der Waals surface area contributed by atoms with Crippen molar-refractivity contribution in [3.05, 3.63) is 74.7 Å². The second-order valence-electron chi connectivity index (χ2n) is 6.32. The number of H-pyrrole nitrogens is 2. The van der Waals surface area contributed by atoms with Gasteiger partial charge in [-0.2, -0.15) is 0 Å². The summed E-state index contributed by atoms with van der Waals surface area (Å²) in [5, 5.41) is 10.1. The molecule has 136 valence electrons. The zero-order chi connectivity index (χ0) is 18.6. The zero-order valence-corrected chi connectivity index (χ0v) is 14.6. The molecule has 0 saturated carbocycles. The number of benzene rings is 2. The number of unbranched alkanes of at least 4 members (excludes halogenated alkanes) is 1. The Morgan fingerprint density at radius 3 is 2.70 bits per heavy atom. The van der Waals surface area contributed by atoms with E-state index in [1.807, 2.05) is 18.2 Å². The summed E-state index contributed by atoms with van der Waals surface area (Å²) in [4.78, 5) is 27.4. The Balaban J connectivity index is 1.48. The van der Waals surface area contributed by atoms with Gasteiger partial charge in [-0.05, 0) is 37.0 Å². The van der Waals surface area contributed by atoms with E-state index in [0.29, 0.717) is 23.3 Å². The van der Waals surface area contributed by atoms with Gasteiger partial charge in [0, 0.05) is 11.5 Å². The summed E-state index contributed by atoms with van der Waals surface area (Å²) in [5.41, 5.74) is 1.04. The summed E-state index contributed by atoms with van der Waals surface area (Å²) in [7, 11) is 0. The molecule has 2 aromatic carbocycles. The normalized spacial score (nSPS) is 11.1. The molecule has 4 rings (SSSR count). The lowest BCUT2D eigenvalue weighted by Crippen LogP contribution is -2.03. The largest absolute Gasteiger partial charge is 0.494 e. The molecule has 27 heavy (non-hydrogen) atoms. The predicted molar refractivity (Wildman–Crippen MR) is 103 cm³/mol. The van der Waals surface area contributed by atoms with Gasteiger partial charge in [0.1, 0.15) is 11.3 Å². The van der Waals surface area contributed by atoms with Crippen molar-refractivity contribution in [2.24, 2.45) is 0 Å². The van der Waals surface area contributed by atoms with E-state index in [2.05, 4.69) is 32.5 Å². The maximum absolute atomic E-state index is 12.5. The Labute approximate surface area is 154 Å². The fraction of sp³-hybridized carbons (Fsp3) is 0.200. The van der Waals surface area contributed by atoms with Gasteiger partial charge in [-0.25, -0.2) is 0 Å². The summed E-state index contributed by atoms with van der Waals surface area (Å²) >= 11 is 0. The number of ether oxygens (including phenoxy) is 1. The lowest BCUT2D eigenvalue weighted by molar-refractivity contribution is 0.307. The summed E-state index contributed by atoms with van der Waals surface area (Å²) in [5.74, 6) is 0.609. The third-order valence-corrected chi connectivity index (χ3v) is 4.45. The van der Waals surface area contributed by atoms with Crippen LogP contribution in [0.25, 0.3) is 21.9 Å². The van der Waals surface area contributed by atoms with Crippen molar-refractivity contribution in [3.8, 4) is 5.75 Å². The summed E-state index contributed by atoms with van der Waals surface area (Å²) in [6.45, 7) is 0.567. The highest BCUT2D eigenvalue weighted by molar-refractivity contribution is 5.87. The Morgan fingerprint density at radius 1 is 1.00 bits per heavy atom. The third kappa shape index (κ3) is 3.57. The van der Waals surface area contributed by atoms with Crippen LogP contribution < -0.4 is 15.7 Å². The van der Waals surface area contributed by atoms with E-state index in [9.17, 15) is 9.59 Å². The van der Waals surface area contributed by atoms with Crippen LogP contribution in [0.15, 0.2) is 58.1 Å². The number of rotatable bonds is 6. The number of aryl methyl sites for hydroxylation is 1. The zero-order valence-electron chi connectivity index (χ0n) is 14.6. The molecule has 7 heteroatoms. The first-order valence-corrected chi connectivity index (χ1v) is 8.80. The number of hydrogen-bond donors (Lipinski definition) is 2. The molecule has 2 heterocycles. The highest BCUT2D eigenvalue weighted by atomic mass is 16.5. The first-order valence-electron chi connectivity index (χ1n) is 8.80. The monoisotopic (exact) mass is 362 g/mol. The lowest BCUT2D eigenvalue weighted by Gasteiger charge is -2.06. The van der Waals surface area contributed by atoms with Gasteiger partial charge in [0.05, 0.1) is 12.1 Å². The minimum Gasteiger partial charge on any atom is -0.494 e. The number of hydrogen-bond acceptors (Lipinski definition) is 5. The van der Waals surface area contributed by atoms with Crippen molar-refractivity contribution in [1.82, 2.24) is 20.4 Å². The lowest BCUT2D eigenvalue weighted by atomic mass is 10.1. The summed E-state index contributed by atoms with van der Waals surface area (Å²) < 4.78 is 5.78. The van der Waals surface area contributed by atoms with Gasteiger partial charge in [0.2, 0.25) is 5.43 Å². The van der Waals surface area contributed by atoms with E-state index in [0.717, 1.165) is 19.3 Å². The average Bonchev–Trinajstić information content (AvgIpc) is 3.15. The van der Waals surface area contributed by atoms with E-state index in [1.54, 1.807) is 18.2 Å². The van der Waals surface area contributed by atoms with Crippen molar-refractivity contribution in [3.63, 3.8) is 0 Å². The van der Waals surface area contributed by atoms with E-state index in [1.165, 1.54) is 5.56 Å². The van der Waals surface area contributed by atoms with Crippen LogP contribution in [-0.4, -0.2) is 27.0 Å². The smallest absolute Gasteiger partial charge is 0.278 e. The van der Waals surface area contributed by atoms with Gasteiger partial charge in [-0.15, -0.1) is 5.10 Å². The van der Waals surface area contributed by atoms with Crippen LogP contribution >= 0.6 is 0 Å². The molecule has 0 fully saturated rings. The molecular weight excluding hydrogens is 344 g/mol. The van der Waals surface area contributed by atoms with E-state index < -0.39 is 5.56 Å². The van der Waals surface area contributed by atoms with Gasteiger partial charge < -0.3 is 9.72 Å². The Bertz CT molecular complexity index is 1200. The minimum absolute atomic E-state index is 0.000389. The molecule has 0 aliphatic rings. The van der Waals surface area contributed by atoms with Gasteiger partial charge in [-0.1, -0.05) is 35.5 Å². The molecule has 0 aliphatic heterocycles. The van der Waals surface area contributed by atoms with Crippen molar-refractivity contribution in [2.75, 3.05) is 6.61 Å². The molecule has 0 spiro atoms. The highest BCUT2D eigenvalue weighted by Crippen LogP contribution is 2.17. The van der Waals surface area contributed by atoms with E-state index in [4.69, 9.17) is 4.74 Å². The number of nitrogens with one attached hydrogen (secondary N) is 2. The predicted octanol–water partition coefficient (Wildman–Crippen LogP) is 2.56. The molecule has 0 amide bonds. The number of nitrogens with zero attached hydrogens (tertiary/aromatic N) is 2. The standard InChI is InChI=1S/C20H18N4O3/c25-19-15-10-9-14(27-11-5-4-8-13-6-2-1-3-7-13)12-16(15)21-20(26)18-17(19)22-24-23-18/h1-3,6-7,9-10,12H,4-5,8,11H2,(H,21,26)(H,22,23,24). The fourth-order valence-electron chi connectivity index (χ4n) is 3.04. The first-order chi connectivity index (χ1) is 13.2. The molecule has 0 radical (unpaired) electrons. The molecule has 7 nitrogen and oxygen atoms in total. The number of aromatic nitrogens is 4. The van der Waals surface area contributed by atoms with Crippen LogP contribution in [0.4, 0.5) is 0 Å². The fourth-order valence-corrected chi connectivity index (χ4v) is 3.04. The molecule has 2 N–H and O–H groups in total. The quantitative estimate of drug-likeness (QED) is 0.513. The van der Waals surface area contributed by atoms with Crippen molar-refractivity contribution >= 4 is 21.9 Å². The van der Waals surface area contributed by atoms with Gasteiger partial charge >= 0.3 is 0 Å². The van der Waals surface area contributed by atoms with Crippen LogP contribution in [0.5, 0.6) is 5.75 Å². The molecule has 0 unspecified atom stereocenters. The Hall–Kier alpha value is -3.48. The molecular formula is C20H18N4O3. The molecule has 0 bridgehead atoms. The third-order valence-electron chi connectivity index (χ3n) is 4.45. The maximum atomic E-state index is 12.5. The van der Waals surface area contributed by atoms with Crippen LogP contribution in [-0.2, 0) is 6.42 Å². The first kappa shape index (κ1) is 17.0. The van der Waals surface area contributed by atoms with Crippen molar-refractivity contribution < 1.29 is 4.74 Å². The van der Waals surface area contributed by atoms with E-state index >= 15 is 0 Å². The number of fused-ring (bicyclic) bond motifs is 2. The van der Waals surface area contributed by atoms with Gasteiger partial charge in [0.15, 0.2) is 5.52 Å². The van der Waals surface area contributed by atoms with Crippen LogP contribution in [0.2, 0.25) is 0 Å². The second-order valence-corrected chi connectivity index (χ2v) is 6.32. The Kier molecular flexibility index (Phi) is 4.65.